The zero-order valence-corrected chi connectivity index (χ0v) is 15.0. The Bertz CT molecular complexity index is 1030. The highest BCUT2D eigenvalue weighted by molar-refractivity contribution is 5.99. The second-order valence-corrected chi connectivity index (χ2v) is 5.58. The summed E-state index contributed by atoms with van der Waals surface area (Å²) in [6, 6.07) is 3.60. The van der Waals surface area contributed by atoms with Gasteiger partial charge in [0, 0.05) is 6.07 Å². The van der Waals surface area contributed by atoms with Crippen LogP contribution in [0, 0.1) is 5.82 Å². The van der Waals surface area contributed by atoms with Gasteiger partial charge in [0.2, 0.25) is 5.75 Å². The molecule has 0 aliphatic heterocycles. The van der Waals surface area contributed by atoms with Crippen molar-refractivity contribution in [2.75, 3.05) is 26.6 Å². The molecule has 1 aromatic heterocycles. The Morgan fingerprint density at radius 3 is 2.25 bits per heavy atom. The van der Waals surface area contributed by atoms with Gasteiger partial charge in [0.15, 0.2) is 11.5 Å². The molecule has 0 unspecified atom stereocenters. The number of hydrogen-bond acceptors (Lipinski definition) is 6. The van der Waals surface area contributed by atoms with Gasteiger partial charge >= 0.3 is 6.18 Å². The topological polar surface area (TPSA) is 65.5 Å². The Morgan fingerprint density at radius 1 is 0.929 bits per heavy atom. The van der Waals surface area contributed by atoms with Crippen LogP contribution in [-0.2, 0) is 6.18 Å². The smallest absolute Gasteiger partial charge is 0.416 e. The van der Waals surface area contributed by atoms with Gasteiger partial charge in [0.1, 0.15) is 18.0 Å². The maximum atomic E-state index is 14.1. The molecule has 148 valence electrons. The van der Waals surface area contributed by atoms with E-state index < -0.39 is 23.2 Å². The van der Waals surface area contributed by atoms with Crippen molar-refractivity contribution in [1.29, 1.82) is 0 Å². The molecule has 0 amide bonds. The summed E-state index contributed by atoms with van der Waals surface area (Å²) in [5.41, 5.74) is -1.04. The summed E-state index contributed by atoms with van der Waals surface area (Å²) >= 11 is 0. The number of aromatic nitrogens is 2. The molecule has 0 saturated heterocycles. The van der Waals surface area contributed by atoms with E-state index in [1.165, 1.54) is 27.7 Å². The normalized spacial score (nSPS) is 11.4. The number of ether oxygens (including phenoxy) is 3. The van der Waals surface area contributed by atoms with Gasteiger partial charge in [-0.05, 0) is 18.2 Å². The SMILES string of the molecule is COc1cc2ncnc(Nc3cc(C(F)(F)F)ccc3F)c2c(OC)c1OC. The Morgan fingerprint density at radius 2 is 1.64 bits per heavy atom. The van der Waals surface area contributed by atoms with Gasteiger partial charge in [0.25, 0.3) is 0 Å². The molecule has 1 heterocycles. The van der Waals surface area contributed by atoms with E-state index in [2.05, 4.69) is 15.3 Å². The van der Waals surface area contributed by atoms with Crippen LogP contribution in [0.15, 0.2) is 30.6 Å². The van der Waals surface area contributed by atoms with Gasteiger partial charge in [-0.1, -0.05) is 0 Å². The van der Waals surface area contributed by atoms with E-state index in [9.17, 15) is 17.6 Å². The van der Waals surface area contributed by atoms with Crippen LogP contribution >= 0.6 is 0 Å². The average molecular weight is 397 g/mol. The van der Waals surface area contributed by atoms with Crippen molar-refractivity contribution in [3.05, 3.63) is 42.0 Å². The molecule has 3 aromatic rings. The van der Waals surface area contributed by atoms with Crippen molar-refractivity contribution in [1.82, 2.24) is 9.97 Å². The summed E-state index contributed by atoms with van der Waals surface area (Å²) < 4.78 is 69.0. The standard InChI is InChI=1S/C18H15F4N3O3/c1-26-13-7-12-14(16(28-3)15(13)27-2)17(24-8-23-12)25-11-6-9(18(20,21)22)4-5-10(11)19/h4-8H,1-3H3,(H,23,24,25). The average Bonchev–Trinajstić information content (AvgIpc) is 2.67. The van der Waals surface area contributed by atoms with Crippen LogP contribution < -0.4 is 19.5 Å². The quantitative estimate of drug-likeness (QED) is 0.637. The second-order valence-electron chi connectivity index (χ2n) is 5.58. The lowest BCUT2D eigenvalue weighted by atomic mass is 10.1. The third-order valence-electron chi connectivity index (χ3n) is 3.98. The highest BCUT2D eigenvalue weighted by atomic mass is 19.4. The molecular formula is C18H15F4N3O3. The molecule has 28 heavy (non-hydrogen) atoms. The number of nitrogens with one attached hydrogen (secondary N) is 1. The molecular weight excluding hydrogens is 382 g/mol. The zero-order valence-electron chi connectivity index (χ0n) is 15.0. The van der Waals surface area contributed by atoms with Crippen LogP contribution in [0.2, 0.25) is 0 Å². The lowest BCUT2D eigenvalue weighted by Crippen LogP contribution is -2.07. The Balaban J connectivity index is 2.20. The molecule has 0 spiro atoms. The van der Waals surface area contributed by atoms with Gasteiger partial charge in [-0.2, -0.15) is 13.2 Å². The molecule has 6 nitrogen and oxygen atoms in total. The third-order valence-corrected chi connectivity index (χ3v) is 3.98. The molecule has 0 fully saturated rings. The maximum absolute atomic E-state index is 14.1. The van der Waals surface area contributed by atoms with E-state index in [0.717, 1.165) is 6.07 Å². The van der Waals surface area contributed by atoms with Crippen LogP contribution in [0.5, 0.6) is 17.2 Å². The van der Waals surface area contributed by atoms with Crippen molar-refractivity contribution < 1.29 is 31.8 Å². The number of anilines is 2. The van der Waals surface area contributed by atoms with Crippen LogP contribution in [0.25, 0.3) is 10.9 Å². The molecule has 10 heteroatoms. The lowest BCUT2D eigenvalue weighted by molar-refractivity contribution is -0.137. The summed E-state index contributed by atoms with van der Waals surface area (Å²) in [7, 11) is 4.20. The summed E-state index contributed by atoms with van der Waals surface area (Å²) in [5, 5.41) is 2.88. The van der Waals surface area contributed by atoms with Gasteiger partial charge < -0.3 is 19.5 Å². The number of nitrogens with zero attached hydrogens (tertiary/aromatic N) is 2. The van der Waals surface area contributed by atoms with Crippen molar-refractivity contribution in [3.63, 3.8) is 0 Å². The van der Waals surface area contributed by atoms with Crippen LogP contribution in [-0.4, -0.2) is 31.3 Å². The minimum Gasteiger partial charge on any atom is -0.493 e. The van der Waals surface area contributed by atoms with Gasteiger partial charge in [0.05, 0.1) is 43.5 Å². The first-order valence-electron chi connectivity index (χ1n) is 7.87. The first kappa shape index (κ1) is 19.5. The fourth-order valence-electron chi connectivity index (χ4n) is 2.71. The summed E-state index contributed by atoms with van der Waals surface area (Å²) in [5.74, 6) is -0.0748. The van der Waals surface area contributed by atoms with Crippen LogP contribution in [0.4, 0.5) is 29.1 Å². The Labute approximate surface area is 157 Å². The second kappa shape index (κ2) is 7.37. The number of rotatable bonds is 5. The van der Waals surface area contributed by atoms with E-state index in [0.29, 0.717) is 28.8 Å². The predicted octanol–water partition coefficient (Wildman–Crippen LogP) is 4.56. The summed E-state index contributed by atoms with van der Waals surface area (Å²) in [6.07, 6.45) is -3.44. The molecule has 0 bridgehead atoms. The number of hydrogen-bond donors (Lipinski definition) is 1. The zero-order chi connectivity index (χ0) is 20.5. The van der Waals surface area contributed by atoms with Gasteiger partial charge in [-0.3, -0.25) is 0 Å². The maximum Gasteiger partial charge on any atom is 0.416 e. The van der Waals surface area contributed by atoms with Crippen molar-refractivity contribution in [3.8, 4) is 17.2 Å². The van der Waals surface area contributed by atoms with Crippen LogP contribution in [0.3, 0.4) is 0 Å². The molecule has 0 saturated carbocycles. The highest BCUT2D eigenvalue weighted by Gasteiger charge is 2.31. The van der Waals surface area contributed by atoms with Gasteiger partial charge in [-0.25, -0.2) is 14.4 Å². The molecule has 1 N–H and O–H groups in total. The largest absolute Gasteiger partial charge is 0.493 e. The number of alkyl halides is 3. The summed E-state index contributed by atoms with van der Waals surface area (Å²) in [6.45, 7) is 0. The van der Waals surface area contributed by atoms with E-state index in [-0.39, 0.29) is 17.3 Å². The fourth-order valence-corrected chi connectivity index (χ4v) is 2.71. The molecule has 0 aliphatic rings. The Hall–Kier alpha value is -3.30. The van der Waals surface area contributed by atoms with Crippen LogP contribution in [0.1, 0.15) is 5.56 Å². The molecule has 2 aromatic carbocycles. The number of halogens is 4. The highest BCUT2D eigenvalue weighted by Crippen LogP contribution is 2.45. The van der Waals surface area contributed by atoms with Crippen molar-refractivity contribution >= 4 is 22.4 Å². The Kier molecular flexibility index (Phi) is 5.12. The first-order valence-corrected chi connectivity index (χ1v) is 7.87. The minimum absolute atomic E-state index is 0.0426. The molecule has 0 radical (unpaired) electrons. The molecule has 0 atom stereocenters. The fraction of sp³-hybridized carbons (Fsp3) is 0.222. The summed E-state index contributed by atoms with van der Waals surface area (Å²) in [4.78, 5) is 8.14. The third kappa shape index (κ3) is 3.45. The molecule has 0 aliphatic carbocycles. The van der Waals surface area contributed by atoms with Gasteiger partial charge in [-0.15, -0.1) is 0 Å². The number of benzene rings is 2. The van der Waals surface area contributed by atoms with E-state index in [4.69, 9.17) is 14.2 Å². The predicted molar refractivity (Wildman–Crippen MR) is 93.9 cm³/mol. The number of fused-ring (bicyclic) bond motifs is 1. The van der Waals surface area contributed by atoms with Crippen molar-refractivity contribution in [2.24, 2.45) is 0 Å². The van der Waals surface area contributed by atoms with E-state index in [1.807, 2.05) is 0 Å². The monoisotopic (exact) mass is 397 g/mol. The van der Waals surface area contributed by atoms with E-state index in [1.54, 1.807) is 6.07 Å². The first-order chi connectivity index (χ1) is 13.3. The van der Waals surface area contributed by atoms with E-state index >= 15 is 0 Å². The minimum atomic E-state index is -4.62. The molecule has 3 rings (SSSR count). The lowest BCUT2D eigenvalue weighted by Gasteiger charge is -2.17. The van der Waals surface area contributed by atoms with Crippen molar-refractivity contribution in [2.45, 2.75) is 6.18 Å². The number of methoxy groups -OCH3 is 3.